The van der Waals surface area contributed by atoms with Crippen LogP contribution in [0.1, 0.15) is 24.3 Å². The molecule has 0 saturated heterocycles. The Morgan fingerprint density at radius 1 is 0.975 bits per heavy atom. The molecule has 0 radical (unpaired) electrons. The van der Waals surface area contributed by atoms with Crippen molar-refractivity contribution in [1.29, 1.82) is 0 Å². The van der Waals surface area contributed by atoms with E-state index in [1.165, 1.54) is 6.33 Å². The molecule has 0 amide bonds. The Morgan fingerprint density at radius 2 is 1.65 bits per heavy atom. The number of ether oxygens (including phenoxy) is 3. The van der Waals surface area contributed by atoms with Gasteiger partial charge in [0.05, 0.1) is 31.8 Å². The summed E-state index contributed by atoms with van der Waals surface area (Å²) in [5.41, 5.74) is 7.98. The van der Waals surface area contributed by atoms with Crippen LogP contribution in [0.2, 0.25) is 20.1 Å². The Balaban J connectivity index is 1.58. The number of benzene rings is 2. The Kier molecular flexibility index (Phi) is 10.9. The first-order valence-corrected chi connectivity index (χ1v) is 13.6. The number of nitrogens with two attached hydrogens (primary N) is 1. The van der Waals surface area contributed by atoms with E-state index in [0.717, 1.165) is 11.1 Å². The van der Waals surface area contributed by atoms with Crippen molar-refractivity contribution >= 4 is 63.3 Å². The van der Waals surface area contributed by atoms with Gasteiger partial charge in [-0.2, -0.15) is 0 Å². The summed E-state index contributed by atoms with van der Waals surface area (Å²) in [6.45, 7) is 1.70. The molecular formula is C28H26Cl4N4O4. The number of aliphatic hydroxyl groups is 1. The molecule has 2 aromatic carbocycles. The van der Waals surface area contributed by atoms with E-state index in [1.807, 2.05) is 0 Å². The summed E-state index contributed by atoms with van der Waals surface area (Å²) in [5.74, 6) is 6.25. The maximum absolute atomic E-state index is 10.3. The lowest BCUT2D eigenvalue weighted by atomic mass is 10.2. The molecule has 40 heavy (non-hydrogen) atoms. The van der Waals surface area contributed by atoms with Gasteiger partial charge in [-0.3, -0.25) is 0 Å². The number of hydrogen-bond acceptors (Lipinski definition) is 7. The molecule has 0 aliphatic rings. The zero-order chi connectivity index (χ0) is 28.6. The quantitative estimate of drug-likeness (QED) is 0.178. The highest BCUT2D eigenvalue weighted by molar-refractivity contribution is 6.35. The molecule has 2 aromatic heterocycles. The lowest BCUT2D eigenvalue weighted by molar-refractivity contribution is -0.148. The number of rotatable bonds is 12. The molecule has 0 saturated carbocycles. The largest absolute Gasteiger partial charge is 0.392 e. The number of nitrogen functional groups attached to an aromatic ring is 1. The molecule has 0 unspecified atom stereocenters. The van der Waals surface area contributed by atoms with E-state index < -0.39 is 18.4 Å². The predicted octanol–water partition coefficient (Wildman–Crippen LogP) is 6.33. The summed E-state index contributed by atoms with van der Waals surface area (Å²) >= 11 is 24.7. The van der Waals surface area contributed by atoms with Crippen LogP contribution in [0.4, 0.5) is 5.82 Å². The molecule has 3 atom stereocenters. The molecule has 2 heterocycles. The highest BCUT2D eigenvalue weighted by atomic mass is 35.5. The zero-order valence-corrected chi connectivity index (χ0v) is 24.4. The number of nitrogens with zero attached hydrogens (tertiary/aromatic N) is 3. The van der Waals surface area contributed by atoms with Gasteiger partial charge in [0, 0.05) is 26.3 Å². The Hall–Kier alpha value is -2.58. The molecule has 12 heteroatoms. The Labute approximate surface area is 251 Å². The van der Waals surface area contributed by atoms with Crippen molar-refractivity contribution < 1.29 is 19.3 Å². The van der Waals surface area contributed by atoms with Crippen molar-refractivity contribution in [3.05, 3.63) is 86.2 Å². The predicted molar refractivity (Wildman–Crippen MR) is 158 cm³/mol. The lowest BCUT2D eigenvalue weighted by Gasteiger charge is -2.29. The average molecular weight is 624 g/mol. The molecule has 0 aliphatic carbocycles. The summed E-state index contributed by atoms with van der Waals surface area (Å²) in [5, 5.41) is 12.9. The first-order valence-electron chi connectivity index (χ1n) is 12.1. The summed E-state index contributed by atoms with van der Waals surface area (Å²) < 4.78 is 20.2. The highest BCUT2D eigenvalue weighted by Gasteiger charge is 2.28. The fourth-order valence-electron chi connectivity index (χ4n) is 3.95. The van der Waals surface area contributed by atoms with Crippen LogP contribution in [0.5, 0.6) is 0 Å². The first-order chi connectivity index (χ1) is 19.3. The van der Waals surface area contributed by atoms with Gasteiger partial charge in [-0.25, -0.2) is 9.97 Å². The lowest BCUT2D eigenvalue weighted by Crippen LogP contribution is -2.37. The summed E-state index contributed by atoms with van der Waals surface area (Å²) in [6, 6.07) is 12.1. The minimum absolute atomic E-state index is 0.0550. The van der Waals surface area contributed by atoms with E-state index in [2.05, 4.69) is 21.8 Å². The fraction of sp³-hybridized carbons (Fsp3) is 0.286. The van der Waals surface area contributed by atoms with Crippen molar-refractivity contribution in [2.75, 3.05) is 18.9 Å². The normalized spacial score (nSPS) is 13.6. The zero-order valence-electron chi connectivity index (χ0n) is 21.4. The molecule has 0 aliphatic heterocycles. The third-order valence-corrected chi connectivity index (χ3v) is 7.12. The monoisotopic (exact) mass is 622 g/mol. The molecule has 8 nitrogen and oxygen atoms in total. The molecule has 4 rings (SSSR count). The number of halogens is 4. The number of anilines is 1. The van der Waals surface area contributed by atoms with Gasteiger partial charge in [0.2, 0.25) is 0 Å². The fourth-order valence-corrected chi connectivity index (χ4v) is 4.87. The van der Waals surface area contributed by atoms with E-state index in [4.69, 9.17) is 66.3 Å². The Bertz CT molecular complexity index is 1520. The SMILES string of the molecule is CC#C[C@H](OCc1ccc(Cl)cc1Cl)[C@@H](COCc1ccc(Cl)cc1Cl)O[C@H](CO)n1ccc2c(N)ncnc21. The van der Waals surface area contributed by atoms with Crippen LogP contribution in [0.15, 0.2) is 55.0 Å². The topological polar surface area (TPSA) is 105 Å². The van der Waals surface area contributed by atoms with E-state index >= 15 is 0 Å². The van der Waals surface area contributed by atoms with Gasteiger partial charge >= 0.3 is 0 Å². The second-order valence-electron chi connectivity index (χ2n) is 8.64. The third kappa shape index (κ3) is 7.58. The van der Waals surface area contributed by atoms with Crippen LogP contribution in [-0.2, 0) is 27.4 Å². The van der Waals surface area contributed by atoms with Gasteiger partial charge < -0.3 is 29.6 Å². The van der Waals surface area contributed by atoms with Gasteiger partial charge in [-0.1, -0.05) is 64.5 Å². The standard InChI is InChI=1S/C28H26Cl4N4O4/c1-2-3-24(39-14-18-5-7-20(30)11-23(18)32)25(15-38-13-17-4-6-19(29)10-22(17)31)40-26(12-37)36-9-8-21-27(33)34-16-35-28(21)36/h4-11,16,24-26,37H,12-15H2,1H3,(H2,33,34,35)/t24-,25+,26+/m0/s1. The minimum atomic E-state index is -0.858. The van der Waals surface area contributed by atoms with Gasteiger partial charge in [0.1, 0.15) is 30.0 Å². The number of hydrogen-bond donors (Lipinski definition) is 2. The molecule has 0 spiro atoms. The van der Waals surface area contributed by atoms with E-state index in [0.29, 0.717) is 36.9 Å². The van der Waals surface area contributed by atoms with Crippen molar-refractivity contribution in [3.8, 4) is 11.8 Å². The van der Waals surface area contributed by atoms with Crippen molar-refractivity contribution in [2.24, 2.45) is 0 Å². The number of aromatic nitrogens is 3. The van der Waals surface area contributed by atoms with Crippen LogP contribution < -0.4 is 5.73 Å². The van der Waals surface area contributed by atoms with Gasteiger partial charge in [-0.15, -0.1) is 5.92 Å². The summed E-state index contributed by atoms with van der Waals surface area (Å²) in [4.78, 5) is 8.33. The van der Waals surface area contributed by atoms with Crippen molar-refractivity contribution in [3.63, 3.8) is 0 Å². The maximum atomic E-state index is 10.3. The maximum Gasteiger partial charge on any atom is 0.159 e. The van der Waals surface area contributed by atoms with Crippen LogP contribution >= 0.6 is 46.4 Å². The molecule has 4 aromatic rings. The molecule has 3 N–H and O–H groups in total. The highest BCUT2D eigenvalue weighted by Crippen LogP contribution is 2.27. The number of aliphatic hydroxyl groups excluding tert-OH is 1. The van der Waals surface area contributed by atoms with Gasteiger partial charge in [-0.05, 0) is 48.4 Å². The van der Waals surface area contributed by atoms with Crippen LogP contribution in [-0.4, -0.2) is 45.1 Å². The third-order valence-electron chi connectivity index (χ3n) is 5.95. The molecular weight excluding hydrogens is 598 g/mol. The summed E-state index contributed by atoms with van der Waals surface area (Å²) in [6.07, 6.45) is 0.704. The minimum Gasteiger partial charge on any atom is -0.392 e. The van der Waals surface area contributed by atoms with Crippen molar-refractivity contribution in [1.82, 2.24) is 14.5 Å². The second kappa shape index (κ2) is 14.4. The van der Waals surface area contributed by atoms with E-state index in [-0.39, 0.29) is 26.4 Å². The van der Waals surface area contributed by atoms with E-state index in [9.17, 15) is 5.11 Å². The number of fused-ring (bicyclic) bond motifs is 1. The first kappa shape index (κ1) is 30.4. The molecule has 0 bridgehead atoms. The second-order valence-corrected chi connectivity index (χ2v) is 10.3. The average Bonchev–Trinajstić information content (AvgIpc) is 3.36. The molecule has 0 fully saturated rings. The van der Waals surface area contributed by atoms with Crippen LogP contribution in [0, 0.1) is 11.8 Å². The summed E-state index contributed by atoms with van der Waals surface area (Å²) in [7, 11) is 0. The van der Waals surface area contributed by atoms with E-state index in [1.54, 1.807) is 60.2 Å². The van der Waals surface area contributed by atoms with Gasteiger partial charge in [0.15, 0.2) is 6.23 Å². The molecule has 210 valence electrons. The van der Waals surface area contributed by atoms with Crippen molar-refractivity contribution in [2.45, 2.75) is 38.6 Å². The smallest absolute Gasteiger partial charge is 0.159 e. The van der Waals surface area contributed by atoms with Crippen LogP contribution in [0.25, 0.3) is 11.0 Å². The van der Waals surface area contributed by atoms with Gasteiger partial charge in [0.25, 0.3) is 0 Å². The Morgan fingerprint density at radius 3 is 2.27 bits per heavy atom. The van der Waals surface area contributed by atoms with Crippen LogP contribution in [0.3, 0.4) is 0 Å².